The molecule has 1 aliphatic rings. The quantitative estimate of drug-likeness (QED) is 0.860. The molecule has 23 heavy (non-hydrogen) atoms. The normalized spacial score (nSPS) is 15.5. The fourth-order valence-electron chi connectivity index (χ4n) is 2.68. The lowest BCUT2D eigenvalue weighted by Gasteiger charge is -2.22. The Labute approximate surface area is 136 Å². The van der Waals surface area contributed by atoms with Crippen LogP contribution in [0, 0.1) is 5.92 Å². The van der Waals surface area contributed by atoms with Crippen molar-refractivity contribution in [1.29, 1.82) is 0 Å². The van der Waals surface area contributed by atoms with Gasteiger partial charge in [-0.05, 0) is 12.0 Å². The van der Waals surface area contributed by atoms with E-state index in [2.05, 4.69) is 18.8 Å². The lowest BCUT2D eigenvalue weighted by molar-refractivity contribution is 0.133. The van der Waals surface area contributed by atoms with E-state index in [1.807, 2.05) is 28.8 Å². The summed E-state index contributed by atoms with van der Waals surface area (Å²) in [6.45, 7) is 5.97. The summed E-state index contributed by atoms with van der Waals surface area (Å²) in [5.41, 5.74) is 1.54. The number of anilines is 1. The number of para-hydroxylation sites is 1. The zero-order valence-corrected chi connectivity index (χ0v) is 14.2. The molecule has 0 radical (unpaired) electrons. The first-order valence-corrected chi connectivity index (χ1v) is 9.12. The second kappa shape index (κ2) is 6.33. The summed E-state index contributed by atoms with van der Waals surface area (Å²) in [7, 11) is -3.69. The van der Waals surface area contributed by atoms with Crippen molar-refractivity contribution in [2.45, 2.75) is 32.0 Å². The van der Waals surface area contributed by atoms with Crippen molar-refractivity contribution in [3.05, 3.63) is 42.4 Å². The molecule has 1 aromatic heterocycles. The van der Waals surface area contributed by atoms with Crippen LogP contribution in [-0.4, -0.2) is 31.1 Å². The van der Waals surface area contributed by atoms with Crippen molar-refractivity contribution in [2.24, 2.45) is 5.92 Å². The van der Waals surface area contributed by atoms with Crippen LogP contribution < -0.4 is 4.31 Å². The molecule has 1 aliphatic heterocycles. The summed E-state index contributed by atoms with van der Waals surface area (Å²) in [5.74, 6) is 0.423. The van der Waals surface area contributed by atoms with Crippen molar-refractivity contribution in [3.63, 3.8) is 0 Å². The van der Waals surface area contributed by atoms with Gasteiger partial charge in [0.05, 0.1) is 31.8 Å². The fraction of sp³-hybridized carbons (Fsp3) is 0.438. The van der Waals surface area contributed by atoms with Crippen LogP contribution in [0.5, 0.6) is 0 Å². The van der Waals surface area contributed by atoms with Crippen LogP contribution in [-0.2, 0) is 27.9 Å². The maximum Gasteiger partial charge on any atom is 0.283 e. The second-order valence-electron chi connectivity index (χ2n) is 6.06. The number of rotatable bonds is 4. The van der Waals surface area contributed by atoms with Crippen LogP contribution in [0.15, 0.2) is 41.8 Å². The fourth-order valence-corrected chi connectivity index (χ4v) is 4.11. The average molecular weight is 335 g/mol. The topological polar surface area (TPSA) is 64.4 Å². The molecule has 1 aromatic carbocycles. The average Bonchev–Trinajstić information content (AvgIpc) is 2.85. The van der Waals surface area contributed by atoms with Gasteiger partial charge >= 0.3 is 0 Å². The highest BCUT2D eigenvalue weighted by molar-refractivity contribution is 7.92. The van der Waals surface area contributed by atoms with Gasteiger partial charge in [0.15, 0.2) is 5.03 Å². The molecule has 2 aromatic rings. The Morgan fingerprint density at radius 1 is 1.30 bits per heavy atom. The number of benzene rings is 1. The largest absolute Gasteiger partial charge is 0.375 e. The molecule has 0 amide bonds. The molecule has 0 bridgehead atoms. The molecule has 0 saturated carbocycles. The number of nitrogens with zero attached hydrogens (tertiary/aromatic N) is 3. The monoisotopic (exact) mass is 335 g/mol. The third-order valence-electron chi connectivity index (χ3n) is 3.70. The first kappa shape index (κ1) is 16.0. The van der Waals surface area contributed by atoms with E-state index in [0.29, 0.717) is 24.8 Å². The molecule has 6 nitrogen and oxygen atoms in total. The van der Waals surface area contributed by atoms with Gasteiger partial charge in [-0.1, -0.05) is 32.0 Å². The van der Waals surface area contributed by atoms with Gasteiger partial charge in [0, 0.05) is 18.3 Å². The first-order chi connectivity index (χ1) is 11.0. The van der Waals surface area contributed by atoms with Gasteiger partial charge in [-0.2, -0.15) is 8.42 Å². The van der Waals surface area contributed by atoms with Crippen molar-refractivity contribution in [2.75, 3.05) is 17.5 Å². The highest BCUT2D eigenvalue weighted by Crippen LogP contribution is 2.28. The van der Waals surface area contributed by atoms with Crippen LogP contribution in [0.25, 0.3) is 0 Å². The Morgan fingerprint density at radius 3 is 2.87 bits per heavy atom. The smallest absolute Gasteiger partial charge is 0.283 e. The number of sulfonamides is 1. The summed E-state index contributed by atoms with van der Waals surface area (Å²) in [6.07, 6.45) is 3.18. The molecule has 0 aliphatic carbocycles. The van der Waals surface area contributed by atoms with Crippen molar-refractivity contribution < 1.29 is 13.2 Å². The number of fused-ring (bicyclic) bond motifs is 1. The number of ether oxygens (including phenoxy) is 1. The zero-order chi connectivity index (χ0) is 16.4. The Bertz CT molecular complexity index is 783. The molecule has 124 valence electrons. The maximum atomic E-state index is 13.0. The van der Waals surface area contributed by atoms with E-state index in [1.54, 1.807) is 12.5 Å². The minimum atomic E-state index is -3.69. The van der Waals surface area contributed by atoms with E-state index >= 15 is 0 Å². The van der Waals surface area contributed by atoms with E-state index in [0.717, 1.165) is 12.1 Å². The predicted molar refractivity (Wildman–Crippen MR) is 87.7 cm³/mol. The van der Waals surface area contributed by atoms with Gasteiger partial charge in [0.25, 0.3) is 10.0 Å². The maximum absolute atomic E-state index is 13.0. The van der Waals surface area contributed by atoms with Gasteiger partial charge < -0.3 is 9.30 Å². The SMILES string of the molecule is CC(C)Cn1cnc(S(=O)(=O)N2CCOCc3ccccc32)c1. The third-order valence-corrected chi connectivity index (χ3v) is 5.40. The highest BCUT2D eigenvalue weighted by Gasteiger charge is 2.30. The predicted octanol–water partition coefficient (Wildman–Crippen LogP) is 2.26. The van der Waals surface area contributed by atoms with Crippen LogP contribution >= 0.6 is 0 Å². The molecule has 0 saturated heterocycles. The summed E-state index contributed by atoms with van der Waals surface area (Å²) in [4.78, 5) is 4.11. The van der Waals surface area contributed by atoms with Crippen molar-refractivity contribution in [3.8, 4) is 0 Å². The molecule has 0 N–H and O–H groups in total. The molecule has 0 spiro atoms. The lowest BCUT2D eigenvalue weighted by atomic mass is 10.2. The van der Waals surface area contributed by atoms with Crippen molar-refractivity contribution in [1.82, 2.24) is 9.55 Å². The molecular weight excluding hydrogens is 314 g/mol. The molecule has 7 heteroatoms. The minimum Gasteiger partial charge on any atom is -0.375 e. The molecule has 0 unspecified atom stereocenters. The minimum absolute atomic E-state index is 0.0786. The highest BCUT2D eigenvalue weighted by atomic mass is 32.2. The van der Waals surface area contributed by atoms with E-state index in [1.165, 1.54) is 4.31 Å². The summed E-state index contributed by atoms with van der Waals surface area (Å²) < 4.78 is 34.7. The Kier molecular flexibility index (Phi) is 4.41. The van der Waals surface area contributed by atoms with Crippen LogP contribution in [0.2, 0.25) is 0 Å². The first-order valence-electron chi connectivity index (χ1n) is 7.68. The summed E-state index contributed by atoms with van der Waals surface area (Å²) in [6, 6.07) is 7.42. The van der Waals surface area contributed by atoms with E-state index in [4.69, 9.17) is 4.74 Å². The summed E-state index contributed by atoms with van der Waals surface area (Å²) in [5, 5.41) is 0.0786. The van der Waals surface area contributed by atoms with Gasteiger partial charge in [-0.25, -0.2) is 4.98 Å². The van der Waals surface area contributed by atoms with Gasteiger partial charge in [-0.3, -0.25) is 4.31 Å². The molecule has 2 heterocycles. The zero-order valence-electron chi connectivity index (χ0n) is 13.3. The van der Waals surface area contributed by atoms with Crippen LogP contribution in [0.3, 0.4) is 0 Å². The molecule has 0 atom stereocenters. The molecule has 0 fully saturated rings. The van der Waals surface area contributed by atoms with Gasteiger partial charge in [0.2, 0.25) is 0 Å². The standard InChI is InChI=1S/C16H21N3O3S/c1-13(2)9-18-10-16(17-12-18)23(20,21)19-7-8-22-11-14-5-3-4-6-15(14)19/h3-6,10,12-13H,7-9,11H2,1-2H3. The second-order valence-corrected chi connectivity index (χ2v) is 7.87. The van der Waals surface area contributed by atoms with Crippen molar-refractivity contribution >= 4 is 15.7 Å². The third kappa shape index (κ3) is 3.25. The Hall–Kier alpha value is -1.86. The van der Waals surface area contributed by atoms with E-state index in [9.17, 15) is 8.42 Å². The van der Waals surface area contributed by atoms with Crippen LogP contribution in [0.1, 0.15) is 19.4 Å². The number of hydrogen-bond donors (Lipinski definition) is 0. The number of aromatic nitrogens is 2. The van der Waals surface area contributed by atoms with E-state index < -0.39 is 10.0 Å². The van der Waals surface area contributed by atoms with Gasteiger partial charge in [0.1, 0.15) is 0 Å². The van der Waals surface area contributed by atoms with E-state index in [-0.39, 0.29) is 11.6 Å². The Balaban J connectivity index is 1.97. The summed E-state index contributed by atoms with van der Waals surface area (Å²) >= 11 is 0. The number of imidazole rings is 1. The Morgan fingerprint density at radius 2 is 2.09 bits per heavy atom. The lowest BCUT2D eigenvalue weighted by Crippen LogP contribution is -2.33. The van der Waals surface area contributed by atoms with Gasteiger partial charge in [-0.15, -0.1) is 0 Å². The van der Waals surface area contributed by atoms with Crippen LogP contribution in [0.4, 0.5) is 5.69 Å². The molecule has 3 rings (SSSR count). The molecular formula is C16H21N3O3S. The number of hydrogen-bond acceptors (Lipinski definition) is 4.